The van der Waals surface area contributed by atoms with Crippen LogP contribution in [-0.4, -0.2) is 39.2 Å². The Kier molecular flexibility index (Phi) is 7.63. The number of nitrogens with one attached hydrogen (secondary N) is 1. The van der Waals surface area contributed by atoms with E-state index in [2.05, 4.69) is 56.4 Å². The molecular formula is C17H30N2O. The Hall–Kier alpha value is -1.06. The summed E-state index contributed by atoms with van der Waals surface area (Å²) in [7, 11) is 5.97. The summed E-state index contributed by atoms with van der Waals surface area (Å²) >= 11 is 0. The molecule has 1 N–H and O–H groups in total. The molecule has 1 rings (SSSR count). The van der Waals surface area contributed by atoms with E-state index in [1.54, 1.807) is 7.11 Å². The molecule has 0 aromatic heterocycles. The Labute approximate surface area is 124 Å². The average molecular weight is 278 g/mol. The van der Waals surface area contributed by atoms with Crippen LogP contribution in [0.5, 0.6) is 5.75 Å². The Balaban J connectivity index is 2.60. The van der Waals surface area contributed by atoms with Gasteiger partial charge in [0.15, 0.2) is 0 Å². The minimum absolute atomic E-state index is 0.374. The Morgan fingerprint density at radius 2 is 2.00 bits per heavy atom. The minimum atomic E-state index is 0.374. The molecule has 114 valence electrons. The molecule has 0 fully saturated rings. The van der Waals surface area contributed by atoms with Crippen LogP contribution in [0.4, 0.5) is 0 Å². The van der Waals surface area contributed by atoms with Gasteiger partial charge in [0.1, 0.15) is 5.75 Å². The maximum Gasteiger partial charge on any atom is 0.119 e. The molecule has 0 spiro atoms. The lowest BCUT2D eigenvalue weighted by Gasteiger charge is -2.26. The maximum absolute atomic E-state index is 5.32. The molecule has 2 atom stereocenters. The fraction of sp³-hybridized carbons (Fsp3) is 0.647. The number of likely N-dealkylation sites (N-methyl/N-ethyl adjacent to an activating group) is 1. The van der Waals surface area contributed by atoms with E-state index in [9.17, 15) is 0 Å². The van der Waals surface area contributed by atoms with Crippen LogP contribution in [0.3, 0.4) is 0 Å². The lowest BCUT2D eigenvalue weighted by molar-refractivity contribution is 0.282. The lowest BCUT2D eigenvalue weighted by atomic mass is 10.0. The minimum Gasteiger partial charge on any atom is -0.497 e. The van der Waals surface area contributed by atoms with Crippen LogP contribution in [0.1, 0.15) is 38.3 Å². The third kappa shape index (κ3) is 5.51. The smallest absolute Gasteiger partial charge is 0.119 e. The van der Waals surface area contributed by atoms with Crippen molar-refractivity contribution in [3.63, 3.8) is 0 Å². The van der Waals surface area contributed by atoms with Crippen molar-refractivity contribution in [1.82, 2.24) is 10.2 Å². The Morgan fingerprint density at radius 3 is 2.60 bits per heavy atom. The van der Waals surface area contributed by atoms with Gasteiger partial charge in [0.25, 0.3) is 0 Å². The Bertz CT molecular complexity index is 379. The molecule has 0 aliphatic carbocycles. The van der Waals surface area contributed by atoms with Gasteiger partial charge in [0, 0.05) is 12.6 Å². The van der Waals surface area contributed by atoms with Gasteiger partial charge in [-0.15, -0.1) is 0 Å². The van der Waals surface area contributed by atoms with Crippen molar-refractivity contribution in [2.75, 3.05) is 34.3 Å². The summed E-state index contributed by atoms with van der Waals surface area (Å²) in [4.78, 5) is 2.26. The number of benzene rings is 1. The highest BCUT2D eigenvalue weighted by molar-refractivity contribution is 5.30. The highest BCUT2D eigenvalue weighted by Crippen LogP contribution is 2.22. The predicted octanol–water partition coefficient (Wildman–Crippen LogP) is 3.32. The molecule has 0 heterocycles. The molecule has 1 aromatic carbocycles. The summed E-state index contributed by atoms with van der Waals surface area (Å²) in [6, 6.07) is 8.72. The molecule has 0 amide bonds. The monoisotopic (exact) mass is 278 g/mol. The summed E-state index contributed by atoms with van der Waals surface area (Å²) in [6.07, 6.45) is 2.55. The largest absolute Gasteiger partial charge is 0.497 e. The van der Waals surface area contributed by atoms with E-state index in [4.69, 9.17) is 4.74 Å². The second kappa shape index (κ2) is 8.98. The van der Waals surface area contributed by atoms with Crippen molar-refractivity contribution in [2.24, 2.45) is 5.92 Å². The summed E-state index contributed by atoms with van der Waals surface area (Å²) in [5, 5.41) is 3.60. The first-order valence-corrected chi connectivity index (χ1v) is 7.59. The molecule has 0 radical (unpaired) electrons. The van der Waals surface area contributed by atoms with E-state index in [-0.39, 0.29) is 0 Å². The molecule has 20 heavy (non-hydrogen) atoms. The number of rotatable bonds is 9. The molecule has 2 unspecified atom stereocenters. The van der Waals surface area contributed by atoms with Crippen LogP contribution in [0.25, 0.3) is 0 Å². The van der Waals surface area contributed by atoms with Crippen molar-refractivity contribution < 1.29 is 4.74 Å². The van der Waals surface area contributed by atoms with Crippen LogP contribution < -0.4 is 10.1 Å². The SMILES string of the molecule is CCCC(C)CNCC(c1cccc(OC)c1)N(C)C. The van der Waals surface area contributed by atoms with Crippen molar-refractivity contribution >= 4 is 0 Å². The quantitative estimate of drug-likeness (QED) is 0.750. The Morgan fingerprint density at radius 1 is 1.25 bits per heavy atom. The summed E-state index contributed by atoms with van der Waals surface area (Å²) in [6.45, 7) is 6.61. The van der Waals surface area contributed by atoms with E-state index in [1.165, 1.54) is 18.4 Å². The fourth-order valence-corrected chi connectivity index (χ4v) is 2.51. The lowest BCUT2D eigenvalue weighted by Crippen LogP contribution is -2.33. The normalized spacial score (nSPS) is 14.3. The first-order valence-electron chi connectivity index (χ1n) is 7.59. The number of hydrogen-bond acceptors (Lipinski definition) is 3. The van der Waals surface area contributed by atoms with Gasteiger partial charge in [-0.25, -0.2) is 0 Å². The summed E-state index contributed by atoms with van der Waals surface area (Å²) in [5.74, 6) is 1.67. The molecule has 0 saturated heterocycles. The van der Waals surface area contributed by atoms with Gasteiger partial charge in [-0.1, -0.05) is 32.4 Å². The number of hydrogen-bond donors (Lipinski definition) is 1. The van der Waals surface area contributed by atoms with E-state index < -0.39 is 0 Å². The molecule has 0 bridgehead atoms. The molecule has 0 aliphatic heterocycles. The third-order valence-electron chi connectivity index (χ3n) is 3.71. The van der Waals surface area contributed by atoms with Gasteiger partial charge in [-0.05, 0) is 50.7 Å². The van der Waals surface area contributed by atoms with Crippen LogP contribution >= 0.6 is 0 Å². The third-order valence-corrected chi connectivity index (χ3v) is 3.71. The molecular weight excluding hydrogens is 248 g/mol. The average Bonchev–Trinajstić information content (AvgIpc) is 2.43. The van der Waals surface area contributed by atoms with Crippen molar-refractivity contribution in [1.29, 1.82) is 0 Å². The van der Waals surface area contributed by atoms with Crippen molar-refractivity contribution in [3.05, 3.63) is 29.8 Å². The molecule has 0 aliphatic rings. The van der Waals surface area contributed by atoms with Gasteiger partial charge in [0.05, 0.1) is 7.11 Å². The zero-order valence-electron chi connectivity index (χ0n) is 13.6. The predicted molar refractivity (Wildman–Crippen MR) is 86.4 cm³/mol. The van der Waals surface area contributed by atoms with Crippen LogP contribution in [0.15, 0.2) is 24.3 Å². The fourth-order valence-electron chi connectivity index (χ4n) is 2.51. The molecule has 3 heteroatoms. The van der Waals surface area contributed by atoms with Gasteiger partial charge in [0.2, 0.25) is 0 Å². The van der Waals surface area contributed by atoms with Crippen LogP contribution in [0, 0.1) is 5.92 Å². The van der Waals surface area contributed by atoms with Crippen LogP contribution in [-0.2, 0) is 0 Å². The molecule has 0 saturated carbocycles. The summed E-state index contributed by atoms with van der Waals surface area (Å²) in [5.41, 5.74) is 1.30. The second-order valence-electron chi connectivity index (χ2n) is 5.81. The standard InChI is InChI=1S/C17H30N2O/c1-6-8-14(2)12-18-13-17(19(3)4)15-9-7-10-16(11-15)20-5/h7,9-11,14,17-18H,6,8,12-13H2,1-5H3. The highest BCUT2D eigenvalue weighted by Gasteiger charge is 2.14. The van der Waals surface area contributed by atoms with Crippen molar-refractivity contribution in [3.8, 4) is 5.75 Å². The molecule has 1 aromatic rings. The van der Waals surface area contributed by atoms with E-state index >= 15 is 0 Å². The first-order chi connectivity index (χ1) is 9.58. The van der Waals surface area contributed by atoms with Gasteiger partial charge >= 0.3 is 0 Å². The highest BCUT2D eigenvalue weighted by atomic mass is 16.5. The summed E-state index contributed by atoms with van der Waals surface area (Å²) < 4.78 is 5.32. The van der Waals surface area contributed by atoms with Crippen LogP contribution in [0.2, 0.25) is 0 Å². The van der Waals surface area contributed by atoms with Gasteiger partial charge in [-0.3, -0.25) is 0 Å². The first kappa shape index (κ1) is 17.0. The van der Waals surface area contributed by atoms with Gasteiger partial charge in [-0.2, -0.15) is 0 Å². The zero-order valence-corrected chi connectivity index (χ0v) is 13.6. The topological polar surface area (TPSA) is 24.5 Å². The number of nitrogens with zero attached hydrogens (tertiary/aromatic N) is 1. The number of methoxy groups -OCH3 is 1. The van der Waals surface area contributed by atoms with Gasteiger partial charge < -0.3 is 15.0 Å². The molecule has 3 nitrogen and oxygen atoms in total. The second-order valence-corrected chi connectivity index (χ2v) is 5.81. The van der Waals surface area contributed by atoms with E-state index in [1.807, 2.05) is 6.07 Å². The zero-order chi connectivity index (χ0) is 15.0. The maximum atomic E-state index is 5.32. The van der Waals surface area contributed by atoms with E-state index in [0.717, 1.165) is 24.8 Å². The van der Waals surface area contributed by atoms with E-state index in [0.29, 0.717) is 6.04 Å². The number of ether oxygens (including phenoxy) is 1. The van der Waals surface area contributed by atoms with Crippen molar-refractivity contribution in [2.45, 2.75) is 32.7 Å².